The van der Waals surface area contributed by atoms with Gasteiger partial charge in [-0.3, -0.25) is 4.99 Å². The number of ether oxygens (including phenoxy) is 4. The molecule has 31 heavy (non-hydrogen) atoms. The van der Waals surface area contributed by atoms with E-state index in [4.69, 9.17) is 23.9 Å². The van der Waals surface area contributed by atoms with Crippen LogP contribution in [0.3, 0.4) is 0 Å². The fourth-order valence-electron chi connectivity index (χ4n) is 3.70. The summed E-state index contributed by atoms with van der Waals surface area (Å²) >= 11 is 0. The van der Waals surface area contributed by atoms with Crippen molar-refractivity contribution < 1.29 is 18.9 Å². The zero-order valence-corrected chi connectivity index (χ0v) is 19.2. The standard InChI is InChI=1S/C26H35NO4/c1-19(2)21-14-24(27-16-20-9-6-5-7-10-20)23-13-22(17-29-4)25(15-26(23)31-18-21)30-12-8-11-28-3/h5-7,9-10,13,15,19,21H,8,11-12,14,16-18H2,1-4H3. The summed E-state index contributed by atoms with van der Waals surface area (Å²) in [7, 11) is 3.41. The van der Waals surface area contributed by atoms with Gasteiger partial charge in [-0.25, -0.2) is 0 Å². The van der Waals surface area contributed by atoms with Crippen molar-refractivity contribution in [3.63, 3.8) is 0 Å². The summed E-state index contributed by atoms with van der Waals surface area (Å²) in [5.41, 5.74) is 4.37. The Kier molecular flexibility index (Phi) is 8.92. The summed E-state index contributed by atoms with van der Waals surface area (Å²) in [5.74, 6) is 2.58. The summed E-state index contributed by atoms with van der Waals surface area (Å²) in [4.78, 5) is 5.04. The molecule has 0 fully saturated rings. The number of nitrogens with zero attached hydrogens (tertiary/aromatic N) is 1. The average molecular weight is 426 g/mol. The normalized spacial score (nSPS) is 17.3. The number of fused-ring (bicyclic) bond motifs is 1. The van der Waals surface area contributed by atoms with Crippen molar-refractivity contribution in [3.8, 4) is 11.5 Å². The van der Waals surface area contributed by atoms with Crippen LogP contribution in [0, 0.1) is 11.8 Å². The highest BCUT2D eigenvalue weighted by Crippen LogP contribution is 2.35. The lowest BCUT2D eigenvalue weighted by Crippen LogP contribution is -2.18. The van der Waals surface area contributed by atoms with Gasteiger partial charge in [-0.05, 0) is 24.0 Å². The predicted octanol–water partition coefficient (Wildman–Crippen LogP) is 5.29. The predicted molar refractivity (Wildman–Crippen MR) is 124 cm³/mol. The lowest BCUT2D eigenvalue weighted by atomic mass is 9.89. The second-order valence-electron chi connectivity index (χ2n) is 8.35. The highest BCUT2D eigenvalue weighted by atomic mass is 16.5. The minimum atomic E-state index is 0.416. The zero-order valence-electron chi connectivity index (χ0n) is 19.2. The second kappa shape index (κ2) is 11.9. The average Bonchev–Trinajstić information content (AvgIpc) is 2.95. The Bertz CT molecular complexity index is 848. The first kappa shape index (κ1) is 23.3. The van der Waals surface area contributed by atoms with Crippen LogP contribution in [0.25, 0.3) is 0 Å². The van der Waals surface area contributed by atoms with E-state index in [1.54, 1.807) is 14.2 Å². The Morgan fingerprint density at radius 2 is 1.87 bits per heavy atom. The Morgan fingerprint density at radius 3 is 2.58 bits per heavy atom. The Balaban J connectivity index is 1.94. The van der Waals surface area contributed by atoms with E-state index in [0.29, 0.717) is 44.8 Å². The van der Waals surface area contributed by atoms with Crippen molar-refractivity contribution >= 4 is 5.71 Å². The van der Waals surface area contributed by atoms with Gasteiger partial charge in [0.05, 0.1) is 26.4 Å². The molecule has 0 spiro atoms. The monoisotopic (exact) mass is 425 g/mol. The number of aliphatic imine (C=N–C) groups is 1. The summed E-state index contributed by atoms with van der Waals surface area (Å²) < 4.78 is 22.9. The van der Waals surface area contributed by atoms with Gasteiger partial charge in [0.15, 0.2) is 0 Å². The van der Waals surface area contributed by atoms with Crippen LogP contribution >= 0.6 is 0 Å². The number of rotatable bonds is 10. The van der Waals surface area contributed by atoms with Gasteiger partial charge in [0.25, 0.3) is 0 Å². The maximum absolute atomic E-state index is 6.28. The van der Waals surface area contributed by atoms with Crippen molar-refractivity contribution in [3.05, 3.63) is 59.2 Å². The van der Waals surface area contributed by atoms with Gasteiger partial charge < -0.3 is 18.9 Å². The molecular weight excluding hydrogens is 390 g/mol. The molecular formula is C26H35NO4. The van der Waals surface area contributed by atoms with Crippen molar-refractivity contribution in [1.82, 2.24) is 0 Å². The molecule has 1 heterocycles. The molecule has 5 nitrogen and oxygen atoms in total. The van der Waals surface area contributed by atoms with E-state index < -0.39 is 0 Å². The molecule has 0 N–H and O–H groups in total. The van der Waals surface area contributed by atoms with Gasteiger partial charge in [0.1, 0.15) is 11.5 Å². The van der Waals surface area contributed by atoms with Crippen LogP contribution in [-0.4, -0.2) is 39.8 Å². The molecule has 2 aromatic carbocycles. The molecule has 1 unspecified atom stereocenters. The molecule has 0 aliphatic carbocycles. The first-order valence-corrected chi connectivity index (χ1v) is 11.1. The van der Waals surface area contributed by atoms with E-state index in [9.17, 15) is 0 Å². The first-order valence-electron chi connectivity index (χ1n) is 11.1. The van der Waals surface area contributed by atoms with Crippen LogP contribution in [0.4, 0.5) is 0 Å². The van der Waals surface area contributed by atoms with Crippen LogP contribution in [0.15, 0.2) is 47.5 Å². The summed E-state index contributed by atoms with van der Waals surface area (Å²) in [6, 6.07) is 14.5. The molecule has 168 valence electrons. The molecule has 0 saturated heterocycles. The molecule has 0 saturated carbocycles. The van der Waals surface area contributed by atoms with Crippen LogP contribution in [-0.2, 0) is 22.6 Å². The molecule has 0 radical (unpaired) electrons. The maximum atomic E-state index is 6.28. The van der Waals surface area contributed by atoms with E-state index in [-0.39, 0.29) is 0 Å². The van der Waals surface area contributed by atoms with Crippen LogP contribution < -0.4 is 9.47 Å². The molecule has 0 amide bonds. The Hall–Kier alpha value is -2.37. The summed E-state index contributed by atoms with van der Waals surface area (Å²) in [5, 5.41) is 0. The third-order valence-electron chi connectivity index (χ3n) is 5.67. The van der Waals surface area contributed by atoms with Crippen molar-refractivity contribution in [2.24, 2.45) is 16.8 Å². The number of hydrogen-bond donors (Lipinski definition) is 0. The topological polar surface area (TPSA) is 49.3 Å². The third-order valence-corrected chi connectivity index (χ3v) is 5.67. The van der Waals surface area contributed by atoms with Gasteiger partial charge in [-0.2, -0.15) is 0 Å². The van der Waals surface area contributed by atoms with E-state index in [2.05, 4.69) is 44.2 Å². The molecule has 2 aromatic rings. The number of benzene rings is 2. The van der Waals surface area contributed by atoms with Gasteiger partial charge in [-0.15, -0.1) is 0 Å². The highest BCUT2D eigenvalue weighted by Gasteiger charge is 2.26. The number of methoxy groups -OCH3 is 2. The molecule has 5 heteroatoms. The molecule has 1 aliphatic rings. The first-order chi connectivity index (χ1) is 15.1. The molecule has 1 atom stereocenters. The lowest BCUT2D eigenvalue weighted by molar-refractivity contribution is 0.164. The minimum absolute atomic E-state index is 0.416. The highest BCUT2D eigenvalue weighted by molar-refractivity contribution is 6.03. The van der Waals surface area contributed by atoms with Gasteiger partial charge in [0, 0.05) is 56.1 Å². The minimum Gasteiger partial charge on any atom is -0.493 e. The van der Waals surface area contributed by atoms with E-state index in [0.717, 1.165) is 41.2 Å². The van der Waals surface area contributed by atoms with E-state index >= 15 is 0 Å². The largest absolute Gasteiger partial charge is 0.493 e. The lowest BCUT2D eigenvalue weighted by Gasteiger charge is -2.18. The third kappa shape index (κ3) is 6.55. The quantitative estimate of drug-likeness (QED) is 0.485. The SMILES string of the molecule is COCCCOc1cc2c(cc1COC)C(=NCc1ccccc1)CC(C(C)C)CO2. The van der Waals surface area contributed by atoms with Gasteiger partial charge in [0.2, 0.25) is 0 Å². The van der Waals surface area contributed by atoms with Crippen molar-refractivity contribution in [2.45, 2.75) is 39.8 Å². The Labute approximate surface area is 186 Å². The van der Waals surface area contributed by atoms with Crippen molar-refractivity contribution in [1.29, 1.82) is 0 Å². The maximum Gasteiger partial charge on any atom is 0.132 e. The molecule has 3 rings (SSSR count). The van der Waals surface area contributed by atoms with Gasteiger partial charge >= 0.3 is 0 Å². The zero-order chi connectivity index (χ0) is 22.1. The van der Waals surface area contributed by atoms with Crippen LogP contribution in [0.5, 0.6) is 11.5 Å². The molecule has 0 bridgehead atoms. The van der Waals surface area contributed by atoms with Gasteiger partial charge in [-0.1, -0.05) is 44.2 Å². The summed E-state index contributed by atoms with van der Waals surface area (Å²) in [6.45, 7) is 7.59. The van der Waals surface area contributed by atoms with Crippen molar-refractivity contribution in [2.75, 3.05) is 34.0 Å². The van der Waals surface area contributed by atoms with E-state index in [1.807, 2.05) is 12.1 Å². The van der Waals surface area contributed by atoms with Crippen LogP contribution in [0.1, 0.15) is 43.4 Å². The van der Waals surface area contributed by atoms with Crippen LogP contribution in [0.2, 0.25) is 0 Å². The number of hydrogen-bond acceptors (Lipinski definition) is 5. The fourth-order valence-corrected chi connectivity index (χ4v) is 3.70. The molecule has 1 aliphatic heterocycles. The summed E-state index contributed by atoms with van der Waals surface area (Å²) in [6.07, 6.45) is 1.73. The smallest absolute Gasteiger partial charge is 0.132 e. The molecule has 0 aromatic heterocycles. The Morgan fingerprint density at radius 1 is 1.06 bits per heavy atom. The second-order valence-corrected chi connectivity index (χ2v) is 8.35. The van der Waals surface area contributed by atoms with E-state index in [1.165, 1.54) is 5.56 Å². The fraction of sp³-hybridized carbons (Fsp3) is 0.500.